The molecule has 0 N–H and O–H groups in total. The number of benzene rings is 6. The van der Waals surface area contributed by atoms with Gasteiger partial charge in [-0.25, -0.2) is 4.98 Å². The molecule has 0 fully saturated rings. The second-order valence-corrected chi connectivity index (χ2v) is 15.0. The lowest BCUT2D eigenvalue weighted by atomic mass is 9.64. The molecule has 0 amide bonds. The molecule has 3 heterocycles. The molecule has 0 aliphatic carbocycles. The highest BCUT2D eigenvalue weighted by Gasteiger charge is 2.40. The van der Waals surface area contributed by atoms with Crippen molar-refractivity contribution >= 4 is 38.9 Å². The van der Waals surface area contributed by atoms with E-state index >= 15 is 0 Å². The standard InChI is InChI=1S/C48H42N4/c1-47(2,3)37-29-38(31-39(30-37)51-33-50(4)43-23-13-14-24-44(43)51)48(34-17-7-5-8-18-34,35-19-9-6-10-20-35)36-26-27-41-40-21-11-12-22-42(40)52(45(41)32-36)46-25-15-16-28-49-46/h5-32H,33H2,1-4H3. The molecule has 4 heteroatoms. The molecule has 9 rings (SSSR count). The van der Waals surface area contributed by atoms with Crippen molar-refractivity contribution in [3.63, 3.8) is 0 Å². The van der Waals surface area contributed by atoms with Crippen LogP contribution in [0.3, 0.4) is 0 Å². The predicted octanol–water partition coefficient (Wildman–Crippen LogP) is 11.4. The summed E-state index contributed by atoms with van der Waals surface area (Å²) in [4.78, 5) is 9.67. The second-order valence-electron chi connectivity index (χ2n) is 15.0. The van der Waals surface area contributed by atoms with Crippen LogP contribution in [0.1, 0.15) is 48.6 Å². The zero-order valence-corrected chi connectivity index (χ0v) is 30.2. The molecule has 1 aliphatic rings. The van der Waals surface area contributed by atoms with Crippen molar-refractivity contribution in [3.05, 3.63) is 198 Å². The highest BCUT2D eigenvalue weighted by atomic mass is 15.4. The Morgan fingerprint density at radius 3 is 1.81 bits per heavy atom. The van der Waals surface area contributed by atoms with E-state index in [0.717, 1.165) is 23.5 Å². The summed E-state index contributed by atoms with van der Waals surface area (Å²) in [5.74, 6) is 0.907. The van der Waals surface area contributed by atoms with Gasteiger partial charge in [-0.15, -0.1) is 0 Å². The third-order valence-corrected chi connectivity index (χ3v) is 10.9. The second kappa shape index (κ2) is 12.3. The Kier molecular flexibility index (Phi) is 7.51. The van der Waals surface area contributed by atoms with Crippen molar-refractivity contribution in [2.45, 2.75) is 31.6 Å². The monoisotopic (exact) mass is 674 g/mol. The quantitative estimate of drug-likeness (QED) is 0.164. The first-order valence-corrected chi connectivity index (χ1v) is 18.1. The zero-order chi connectivity index (χ0) is 35.5. The Labute approximate surface area is 306 Å². The largest absolute Gasteiger partial charge is 0.355 e. The third kappa shape index (κ3) is 5.01. The Morgan fingerprint density at radius 2 is 1.12 bits per heavy atom. The van der Waals surface area contributed by atoms with E-state index < -0.39 is 5.41 Å². The van der Waals surface area contributed by atoms with E-state index in [9.17, 15) is 0 Å². The summed E-state index contributed by atoms with van der Waals surface area (Å²) in [5, 5.41) is 2.43. The van der Waals surface area contributed by atoms with Crippen molar-refractivity contribution < 1.29 is 0 Å². The van der Waals surface area contributed by atoms with E-state index in [-0.39, 0.29) is 5.41 Å². The van der Waals surface area contributed by atoms with Gasteiger partial charge in [0.05, 0.1) is 34.5 Å². The van der Waals surface area contributed by atoms with Gasteiger partial charge in [0.25, 0.3) is 0 Å². The molecule has 254 valence electrons. The Balaban J connectivity index is 1.40. The molecule has 1 aliphatic heterocycles. The van der Waals surface area contributed by atoms with Crippen LogP contribution in [-0.4, -0.2) is 23.3 Å². The van der Waals surface area contributed by atoms with Crippen molar-refractivity contribution in [1.82, 2.24) is 9.55 Å². The number of hydrogen-bond donors (Lipinski definition) is 0. The van der Waals surface area contributed by atoms with Crippen LogP contribution >= 0.6 is 0 Å². The molecule has 0 radical (unpaired) electrons. The average Bonchev–Trinajstić information content (AvgIpc) is 3.70. The van der Waals surface area contributed by atoms with Gasteiger partial charge in [-0.05, 0) is 81.8 Å². The Hall–Kier alpha value is -6.13. The number of anilines is 3. The predicted molar refractivity (Wildman–Crippen MR) is 217 cm³/mol. The summed E-state index contributed by atoms with van der Waals surface area (Å²) < 4.78 is 2.32. The van der Waals surface area contributed by atoms with Crippen molar-refractivity contribution in [3.8, 4) is 5.82 Å². The van der Waals surface area contributed by atoms with Crippen LogP contribution < -0.4 is 9.80 Å². The van der Waals surface area contributed by atoms with Crippen LogP contribution in [0.2, 0.25) is 0 Å². The number of hydrogen-bond acceptors (Lipinski definition) is 3. The lowest BCUT2D eigenvalue weighted by Gasteiger charge is -2.38. The van der Waals surface area contributed by atoms with Gasteiger partial charge in [-0.2, -0.15) is 0 Å². The molecule has 8 aromatic rings. The highest BCUT2D eigenvalue weighted by molar-refractivity contribution is 6.09. The number of rotatable bonds is 6. The fourth-order valence-electron chi connectivity index (χ4n) is 8.33. The lowest BCUT2D eigenvalue weighted by Crippen LogP contribution is -2.32. The fourth-order valence-corrected chi connectivity index (χ4v) is 8.33. The van der Waals surface area contributed by atoms with E-state index in [4.69, 9.17) is 4.98 Å². The normalized spacial score (nSPS) is 13.2. The number of pyridine rings is 1. The van der Waals surface area contributed by atoms with Crippen molar-refractivity contribution in [1.29, 1.82) is 0 Å². The van der Waals surface area contributed by atoms with Gasteiger partial charge in [0, 0.05) is 29.7 Å². The zero-order valence-electron chi connectivity index (χ0n) is 30.2. The minimum Gasteiger partial charge on any atom is -0.355 e. The minimum absolute atomic E-state index is 0.0929. The smallest absolute Gasteiger partial charge is 0.137 e. The third-order valence-electron chi connectivity index (χ3n) is 10.9. The van der Waals surface area contributed by atoms with Crippen LogP contribution in [0.5, 0.6) is 0 Å². The van der Waals surface area contributed by atoms with E-state index in [0.29, 0.717) is 0 Å². The molecule has 0 unspecified atom stereocenters. The molecule has 2 aromatic heterocycles. The summed E-state index contributed by atoms with van der Waals surface area (Å²) in [6.45, 7) is 7.75. The van der Waals surface area contributed by atoms with Crippen LogP contribution in [-0.2, 0) is 10.8 Å². The van der Waals surface area contributed by atoms with Crippen LogP contribution in [0.15, 0.2) is 170 Å². The van der Waals surface area contributed by atoms with Gasteiger partial charge >= 0.3 is 0 Å². The average molecular weight is 675 g/mol. The number of para-hydroxylation sites is 3. The molecule has 0 saturated heterocycles. The number of aromatic nitrogens is 2. The number of fused-ring (bicyclic) bond motifs is 4. The summed E-state index contributed by atoms with van der Waals surface area (Å²) in [6, 6.07) is 60.1. The first-order chi connectivity index (χ1) is 25.3. The maximum absolute atomic E-state index is 4.86. The summed E-state index contributed by atoms with van der Waals surface area (Å²) in [7, 11) is 2.18. The van der Waals surface area contributed by atoms with Gasteiger partial charge in [-0.1, -0.05) is 136 Å². The first-order valence-electron chi connectivity index (χ1n) is 18.1. The lowest BCUT2D eigenvalue weighted by molar-refractivity contribution is 0.587. The molecule has 6 aromatic carbocycles. The van der Waals surface area contributed by atoms with Crippen molar-refractivity contribution in [2.75, 3.05) is 23.5 Å². The van der Waals surface area contributed by atoms with E-state index in [1.807, 2.05) is 12.3 Å². The molecule has 4 nitrogen and oxygen atoms in total. The van der Waals surface area contributed by atoms with Gasteiger partial charge < -0.3 is 9.80 Å². The number of nitrogens with zero attached hydrogens (tertiary/aromatic N) is 4. The van der Waals surface area contributed by atoms with E-state index in [2.05, 4.69) is 200 Å². The Morgan fingerprint density at radius 1 is 0.500 bits per heavy atom. The highest BCUT2D eigenvalue weighted by Crippen LogP contribution is 2.50. The van der Waals surface area contributed by atoms with Gasteiger partial charge in [-0.3, -0.25) is 4.57 Å². The fraction of sp³-hybridized carbons (Fsp3) is 0.146. The SMILES string of the molecule is CN1CN(c2cc(C(C)(C)C)cc(C(c3ccccc3)(c3ccccc3)c3ccc4c5ccccc5n(-c5ccccn5)c4c3)c2)c2ccccc21. The molecule has 0 bridgehead atoms. The minimum atomic E-state index is -0.650. The van der Waals surface area contributed by atoms with Gasteiger partial charge in [0.2, 0.25) is 0 Å². The molecule has 0 saturated carbocycles. The van der Waals surface area contributed by atoms with Crippen LogP contribution in [0.25, 0.3) is 27.6 Å². The van der Waals surface area contributed by atoms with Crippen LogP contribution in [0.4, 0.5) is 17.1 Å². The van der Waals surface area contributed by atoms with E-state index in [1.54, 1.807) is 0 Å². The van der Waals surface area contributed by atoms with Gasteiger partial charge in [0.1, 0.15) is 5.82 Å². The Bertz CT molecular complexity index is 2510. The molecule has 52 heavy (non-hydrogen) atoms. The summed E-state index contributed by atoms with van der Waals surface area (Å²) >= 11 is 0. The summed E-state index contributed by atoms with van der Waals surface area (Å²) in [5.41, 5.74) is 11.4. The maximum atomic E-state index is 4.86. The molecular formula is C48H42N4. The van der Waals surface area contributed by atoms with Gasteiger partial charge in [0.15, 0.2) is 0 Å². The molecule has 0 spiro atoms. The van der Waals surface area contributed by atoms with Crippen LogP contribution in [0, 0.1) is 0 Å². The maximum Gasteiger partial charge on any atom is 0.137 e. The first kappa shape index (κ1) is 31.8. The molecular weight excluding hydrogens is 633 g/mol. The summed E-state index contributed by atoms with van der Waals surface area (Å²) in [6.07, 6.45) is 1.88. The topological polar surface area (TPSA) is 24.3 Å². The molecule has 0 atom stereocenters. The van der Waals surface area contributed by atoms with E-state index in [1.165, 1.54) is 55.7 Å². The van der Waals surface area contributed by atoms with Crippen molar-refractivity contribution in [2.24, 2.45) is 0 Å².